The third-order valence-corrected chi connectivity index (χ3v) is 5.00. The number of rotatable bonds is 6. The van der Waals surface area contributed by atoms with Crippen molar-refractivity contribution in [1.82, 2.24) is 9.80 Å². The first-order valence-corrected chi connectivity index (χ1v) is 8.95. The second-order valence-electron chi connectivity index (χ2n) is 6.89. The van der Waals surface area contributed by atoms with Crippen LogP contribution in [0.1, 0.15) is 12.8 Å². The number of carboxylic acid groups (broad SMARTS) is 1. The average molecular weight is 392 g/mol. The number of benzene rings is 2. The number of aliphatic carboxylic acids is 1. The Morgan fingerprint density at radius 3 is 2.52 bits per heavy atom. The van der Waals surface area contributed by atoms with E-state index in [0.29, 0.717) is 6.54 Å². The van der Waals surface area contributed by atoms with Gasteiger partial charge in [0, 0.05) is 30.2 Å². The number of amides is 1. The van der Waals surface area contributed by atoms with Crippen molar-refractivity contribution in [1.29, 1.82) is 0 Å². The van der Waals surface area contributed by atoms with Crippen LogP contribution in [0, 0.1) is 0 Å². The maximum absolute atomic E-state index is 12.4. The molecule has 0 bridgehead atoms. The highest BCUT2D eigenvalue weighted by atomic mass is 35.5. The van der Waals surface area contributed by atoms with Gasteiger partial charge in [-0.1, -0.05) is 36.4 Å². The van der Waals surface area contributed by atoms with E-state index in [1.807, 2.05) is 54.4 Å². The zero-order valence-corrected chi connectivity index (χ0v) is 16.2. The molecule has 1 aliphatic rings. The Morgan fingerprint density at radius 1 is 1.15 bits per heavy atom. The van der Waals surface area contributed by atoms with E-state index in [9.17, 15) is 9.59 Å². The number of halogens is 1. The third-order valence-electron chi connectivity index (χ3n) is 5.00. The van der Waals surface area contributed by atoms with Gasteiger partial charge in [-0.25, -0.2) is 0 Å². The summed E-state index contributed by atoms with van der Waals surface area (Å²) >= 11 is 0. The van der Waals surface area contributed by atoms with E-state index >= 15 is 0 Å². The van der Waals surface area contributed by atoms with Gasteiger partial charge in [-0.3, -0.25) is 19.4 Å². The summed E-state index contributed by atoms with van der Waals surface area (Å²) in [5, 5.41) is 14.1. The van der Waals surface area contributed by atoms with Crippen molar-refractivity contribution in [3.63, 3.8) is 0 Å². The molecule has 1 aliphatic heterocycles. The van der Waals surface area contributed by atoms with Crippen LogP contribution >= 0.6 is 12.4 Å². The molecule has 0 aromatic heterocycles. The molecule has 0 radical (unpaired) electrons. The normalized spacial score (nSPS) is 15.5. The molecule has 2 N–H and O–H groups in total. The highest BCUT2D eigenvalue weighted by Crippen LogP contribution is 2.23. The molecule has 0 spiro atoms. The minimum Gasteiger partial charge on any atom is -0.480 e. The van der Waals surface area contributed by atoms with Gasteiger partial charge in [-0.15, -0.1) is 12.4 Å². The number of nitrogens with one attached hydrogen (secondary N) is 1. The highest BCUT2D eigenvalue weighted by molar-refractivity contribution is 6.02. The number of likely N-dealkylation sites (N-methyl/N-ethyl adjacent to an activating group) is 1. The summed E-state index contributed by atoms with van der Waals surface area (Å²) in [5.41, 5.74) is 0.837. The van der Waals surface area contributed by atoms with E-state index in [-0.39, 0.29) is 30.9 Å². The van der Waals surface area contributed by atoms with Crippen LogP contribution in [0.4, 0.5) is 5.69 Å². The van der Waals surface area contributed by atoms with Gasteiger partial charge >= 0.3 is 5.97 Å². The third kappa shape index (κ3) is 5.66. The standard InChI is InChI=1S/C20H25N3O3.ClH/c1-22(14-20(25)26)16-9-11-23(12-10-16)13-19(24)21-18-8-4-6-15-5-2-3-7-17(15)18;/h2-8,16H,9-14H2,1H3,(H,21,24)(H,25,26);1H. The highest BCUT2D eigenvalue weighted by Gasteiger charge is 2.24. The molecule has 2 aromatic rings. The molecule has 1 amide bonds. The smallest absolute Gasteiger partial charge is 0.317 e. The second-order valence-corrected chi connectivity index (χ2v) is 6.89. The Morgan fingerprint density at radius 2 is 1.81 bits per heavy atom. The van der Waals surface area contributed by atoms with Gasteiger partial charge in [0.2, 0.25) is 5.91 Å². The molecule has 0 saturated carbocycles. The van der Waals surface area contributed by atoms with Crippen LogP contribution in [0.3, 0.4) is 0 Å². The fourth-order valence-corrected chi connectivity index (χ4v) is 3.59. The molecule has 1 heterocycles. The number of nitrogens with zero attached hydrogens (tertiary/aromatic N) is 2. The first-order chi connectivity index (χ1) is 12.5. The van der Waals surface area contributed by atoms with Crippen LogP contribution in [-0.4, -0.2) is 66.1 Å². The Labute approximate surface area is 165 Å². The number of carbonyl (C=O) groups is 2. The van der Waals surface area contributed by atoms with Gasteiger partial charge in [0.05, 0.1) is 13.1 Å². The van der Waals surface area contributed by atoms with Gasteiger partial charge < -0.3 is 10.4 Å². The number of anilines is 1. The fourth-order valence-electron chi connectivity index (χ4n) is 3.59. The van der Waals surface area contributed by atoms with Gasteiger partial charge in [0.1, 0.15) is 0 Å². The number of hydrogen-bond donors (Lipinski definition) is 2. The topological polar surface area (TPSA) is 72.9 Å². The zero-order chi connectivity index (χ0) is 18.5. The number of fused-ring (bicyclic) bond motifs is 1. The molecule has 6 nitrogen and oxygen atoms in total. The predicted octanol–water partition coefficient (Wildman–Crippen LogP) is 2.68. The largest absolute Gasteiger partial charge is 0.480 e. The van der Waals surface area contributed by atoms with Crippen molar-refractivity contribution >= 4 is 40.7 Å². The SMILES string of the molecule is CN(CC(=O)O)C1CCN(CC(=O)Nc2cccc3ccccc23)CC1.Cl. The molecule has 1 fully saturated rings. The number of likely N-dealkylation sites (tertiary alicyclic amines) is 1. The van der Waals surface area contributed by atoms with Gasteiger partial charge in [0.15, 0.2) is 0 Å². The molecule has 146 valence electrons. The fraction of sp³-hybridized carbons (Fsp3) is 0.400. The lowest BCUT2D eigenvalue weighted by Crippen LogP contribution is -2.46. The molecule has 0 aliphatic carbocycles. The van der Waals surface area contributed by atoms with E-state index < -0.39 is 5.97 Å². The van der Waals surface area contributed by atoms with Crippen LogP contribution in [0.2, 0.25) is 0 Å². The van der Waals surface area contributed by atoms with Crippen molar-refractivity contribution in [2.75, 3.05) is 38.5 Å². The minimum absolute atomic E-state index is 0. The van der Waals surface area contributed by atoms with Crippen molar-refractivity contribution in [2.24, 2.45) is 0 Å². The number of piperidine rings is 1. The van der Waals surface area contributed by atoms with Crippen LogP contribution in [0.15, 0.2) is 42.5 Å². The number of carboxylic acids is 1. The summed E-state index contributed by atoms with van der Waals surface area (Å²) in [5.74, 6) is -0.817. The van der Waals surface area contributed by atoms with Crippen LogP contribution < -0.4 is 5.32 Å². The minimum atomic E-state index is -0.801. The van der Waals surface area contributed by atoms with Crippen molar-refractivity contribution < 1.29 is 14.7 Å². The quantitative estimate of drug-likeness (QED) is 0.792. The first kappa shape index (κ1) is 21.2. The molecule has 2 aromatic carbocycles. The Kier molecular flexibility index (Phi) is 7.59. The summed E-state index contributed by atoms with van der Waals surface area (Å²) in [6.45, 7) is 2.03. The van der Waals surface area contributed by atoms with E-state index in [1.165, 1.54) is 0 Å². The van der Waals surface area contributed by atoms with Crippen molar-refractivity contribution in [2.45, 2.75) is 18.9 Å². The second kappa shape index (κ2) is 9.69. The van der Waals surface area contributed by atoms with Gasteiger partial charge in [-0.05, 0) is 31.3 Å². The molecule has 3 rings (SSSR count). The molecule has 27 heavy (non-hydrogen) atoms. The van der Waals surface area contributed by atoms with E-state index in [4.69, 9.17) is 5.11 Å². The molecular formula is C20H26ClN3O3. The van der Waals surface area contributed by atoms with Crippen molar-refractivity contribution in [3.05, 3.63) is 42.5 Å². The molecular weight excluding hydrogens is 366 g/mol. The maximum Gasteiger partial charge on any atom is 0.317 e. The van der Waals surface area contributed by atoms with E-state index in [1.54, 1.807) is 0 Å². The lowest BCUT2D eigenvalue weighted by molar-refractivity contribution is -0.138. The van der Waals surface area contributed by atoms with Crippen LogP contribution in [0.25, 0.3) is 10.8 Å². The molecule has 7 heteroatoms. The summed E-state index contributed by atoms with van der Waals surface area (Å²) in [6, 6.07) is 14.2. The molecule has 0 atom stereocenters. The molecule has 1 saturated heterocycles. The Balaban J connectivity index is 0.00000261. The summed E-state index contributed by atoms with van der Waals surface area (Å²) in [4.78, 5) is 27.3. The van der Waals surface area contributed by atoms with Crippen molar-refractivity contribution in [3.8, 4) is 0 Å². The van der Waals surface area contributed by atoms with Crippen LogP contribution in [0.5, 0.6) is 0 Å². The Bertz CT molecular complexity index is 786. The van der Waals surface area contributed by atoms with Gasteiger partial charge in [-0.2, -0.15) is 0 Å². The maximum atomic E-state index is 12.4. The lowest BCUT2D eigenvalue weighted by Gasteiger charge is -2.35. The predicted molar refractivity (Wildman–Crippen MR) is 110 cm³/mol. The summed E-state index contributed by atoms with van der Waals surface area (Å²) in [7, 11) is 1.85. The number of hydrogen-bond acceptors (Lipinski definition) is 4. The summed E-state index contributed by atoms with van der Waals surface area (Å²) in [6.07, 6.45) is 1.76. The first-order valence-electron chi connectivity index (χ1n) is 8.95. The number of carbonyl (C=O) groups excluding carboxylic acids is 1. The Hall–Kier alpha value is -2.15. The lowest BCUT2D eigenvalue weighted by atomic mass is 10.0. The molecule has 0 unspecified atom stereocenters. The van der Waals surface area contributed by atoms with E-state index in [2.05, 4.69) is 10.2 Å². The summed E-state index contributed by atoms with van der Waals surface area (Å²) < 4.78 is 0. The zero-order valence-electron chi connectivity index (χ0n) is 15.4. The van der Waals surface area contributed by atoms with Crippen LogP contribution in [-0.2, 0) is 9.59 Å². The van der Waals surface area contributed by atoms with Gasteiger partial charge in [0.25, 0.3) is 0 Å². The average Bonchev–Trinajstić information content (AvgIpc) is 2.62. The van der Waals surface area contributed by atoms with E-state index in [0.717, 1.165) is 42.4 Å². The monoisotopic (exact) mass is 391 g/mol.